The fourth-order valence-corrected chi connectivity index (χ4v) is 2.84. The van der Waals surface area contributed by atoms with E-state index in [9.17, 15) is 4.39 Å². The maximum absolute atomic E-state index is 14.1. The summed E-state index contributed by atoms with van der Waals surface area (Å²) in [5, 5.41) is 8.16. The number of rotatable bonds is 4. The van der Waals surface area contributed by atoms with Crippen molar-refractivity contribution in [3.63, 3.8) is 0 Å². The van der Waals surface area contributed by atoms with Crippen LogP contribution in [-0.2, 0) is 0 Å². The summed E-state index contributed by atoms with van der Waals surface area (Å²) in [5.74, 6) is 1.14. The second-order valence-corrected chi connectivity index (χ2v) is 6.50. The molecular formula is C20H13BrFN3O. The van der Waals surface area contributed by atoms with Gasteiger partial charge < -0.3 is 4.74 Å². The molecule has 0 fully saturated rings. The maximum atomic E-state index is 14.1. The molecule has 26 heavy (non-hydrogen) atoms. The Labute approximate surface area is 158 Å². The molecule has 1 heterocycles. The highest BCUT2D eigenvalue weighted by molar-refractivity contribution is 9.10. The Bertz CT molecular complexity index is 1030. The number of halogens is 2. The molecule has 4 nitrogen and oxygen atoms in total. The Kier molecular flexibility index (Phi) is 4.50. The molecule has 1 aromatic heterocycles. The van der Waals surface area contributed by atoms with Gasteiger partial charge in [-0.3, -0.25) is 0 Å². The summed E-state index contributed by atoms with van der Waals surface area (Å²) in [5.41, 5.74) is 1.68. The van der Waals surface area contributed by atoms with E-state index >= 15 is 0 Å². The van der Waals surface area contributed by atoms with E-state index in [0.29, 0.717) is 15.7 Å². The van der Waals surface area contributed by atoms with Crippen LogP contribution < -0.4 is 4.74 Å². The summed E-state index contributed by atoms with van der Waals surface area (Å²) in [7, 11) is 0. The predicted octanol–water partition coefficient (Wildman–Crippen LogP) is 5.63. The highest BCUT2D eigenvalue weighted by Gasteiger charge is 2.10. The molecule has 0 N–H and O–H groups in total. The maximum Gasteiger partial charge on any atom is 0.133 e. The van der Waals surface area contributed by atoms with E-state index in [-0.39, 0.29) is 5.82 Å². The molecule has 0 atom stereocenters. The average molecular weight is 410 g/mol. The Balaban J connectivity index is 1.56. The molecule has 4 aromatic rings. The SMILES string of the molecule is Fc1cc(Br)ccc1-c1cn(-c2ccc(Oc3ccccc3)cc2)nn1. The number of aromatic nitrogens is 3. The minimum Gasteiger partial charge on any atom is -0.457 e. The van der Waals surface area contributed by atoms with Crippen LogP contribution in [-0.4, -0.2) is 15.0 Å². The molecule has 0 amide bonds. The molecule has 3 aromatic carbocycles. The van der Waals surface area contributed by atoms with Crippen LogP contribution in [0.15, 0.2) is 83.5 Å². The van der Waals surface area contributed by atoms with Crippen molar-refractivity contribution in [1.82, 2.24) is 15.0 Å². The molecule has 0 aliphatic rings. The molecule has 0 saturated heterocycles. The average Bonchev–Trinajstić information content (AvgIpc) is 3.13. The lowest BCUT2D eigenvalue weighted by molar-refractivity contribution is 0.482. The van der Waals surface area contributed by atoms with Crippen LogP contribution in [0.25, 0.3) is 16.9 Å². The van der Waals surface area contributed by atoms with E-state index in [1.807, 2.05) is 54.6 Å². The van der Waals surface area contributed by atoms with Gasteiger partial charge in [-0.25, -0.2) is 9.07 Å². The second-order valence-electron chi connectivity index (χ2n) is 5.58. The number of ether oxygens (including phenoxy) is 1. The van der Waals surface area contributed by atoms with E-state index in [1.54, 1.807) is 23.0 Å². The first-order valence-corrected chi connectivity index (χ1v) is 8.69. The summed E-state index contributed by atoms with van der Waals surface area (Å²) in [6.07, 6.45) is 1.69. The molecule has 0 unspecified atom stereocenters. The standard InChI is InChI=1S/C20H13BrFN3O/c21-14-6-11-18(19(22)12-14)20-13-25(24-23-20)15-7-9-17(10-8-15)26-16-4-2-1-3-5-16/h1-13H. The first kappa shape index (κ1) is 16.5. The smallest absolute Gasteiger partial charge is 0.133 e. The van der Waals surface area contributed by atoms with Gasteiger partial charge in [-0.1, -0.05) is 39.3 Å². The molecule has 0 saturated carbocycles. The van der Waals surface area contributed by atoms with Gasteiger partial charge in [-0.05, 0) is 54.6 Å². The summed E-state index contributed by atoms with van der Waals surface area (Å²) >= 11 is 3.25. The summed E-state index contributed by atoms with van der Waals surface area (Å²) < 4.78 is 22.1. The molecule has 0 radical (unpaired) electrons. The molecule has 0 aliphatic heterocycles. The van der Waals surface area contributed by atoms with Crippen molar-refractivity contribution in [2.24, 2.45) is 0 Å². The van der Waals surface area contributed by atoms with Gasteiger partial charge in [0.1, 0.15) is 23.0 Å². The van der Waals surface area contributed by atoms with Gasteiger partial charge in [-0.2, -0.15) is 0 Å². The zero-order valence-corrected chi connectivity index (χ0v) is 15.1. The van der Waals surface area contributed by atoms with E-state index in [4.69, 9.17) is 4.74 Å². The molecule has 6 heteroatoms. The fourth-order valence-electron chi connectivity index (χ4n) is 2.50. The largest absolute Gasteiger partial charge is 0.457 e. The quantitative estimate of drug-likeness (QED) is 0.438. The highest BCUT2D eigenvalue weighted by Crippen LogP contribution is 2.25. The van der Waals surface area contributed by atoms with Gasteiger partial charge in [0.25, 0.3) is 0 Å². The monoisotopic (exact) mass is 409 g/mol. The van der Waals surface area contributed by atoms with E-state index in [0.717, 1.165) is 17.2 Å². The van der Waals surface area contributed by atoms with Crippen LogP contribution in [0, 0.1) is 5.82 Å². The minimum atomic E-state index is -0.349. The van der Waals surface area contributed by atoms with Gasteiger partial charge in [0.05, 0.1) is 11.9 Å². The number of para-hydroxylation sites is 1. The summed E-state index contributed by atoms with van der Waals surface area (Å²) in [6, 6.07) is 21.9. The Hall–Kier alpha value is -2.99. The third-order valence-electron chi connectivity index (χ3n) is 3.78. The fraction of sp³-hybridized carbons (Fsp3) is 0. The van der Waals surface area contributed by atoms with Crippen LogP contribution in [0.1, 0.15) is 0 Å². The predicted molar refractivity (Wildman–Crippen MR) is 101 cm³/mol. The van der Waals surface area contributed by atoms with Crippen molar-refractivity contribution < 1.29 is 9.13 Å². The summed E-state index contributed by atoms with van der Waals surface area (Å²) in [4.78, 5) is 0. The van der Waals surface area contributed by atoms with E-state index < -0.39 is 0 Å². The molecule has 0 aliphatic carbocycles. The van der Waals surface area contributed by atoms with Crippen LogP contribution in [0.3, 0.4) is 0 Å². The molecule has 0 spiro atoms. The van der Waals surface area contributed by atoms with Gasteiger partial charge in [0.15, 0.2) is 0 Å². The Morgan fingerprint density at radius 3 is 2.35 bits per heavy atom. The zero-order chi connectivity index (χ0) is 17.9. The van der Waals surface area contributed by atoms with Crippen molar-refractivity contribution in [2.45, 2.75) is 0 Å². The first-order valence-electron chi connectivity index (χ1n) is 7.90. The van der Waals surface area contributed by atoms with Gasteiger partial charge in [0, 0.05) is 10.0 Å². The van der Waals surface area contributed by atoms with Crippen LogP contribution >= 0.6 is 15.9 Å². The summed E-state index contributed by atoms with van der Waals surface area (Å²) in [6.45, 7) is 0. The lowest BCUT2D eigenvalue weighted by atomic mass is 10.1. The normalized spacial score (nSPS) is 10.7. The lowest BCUT2D eigenvalue weighted by Crippen LogP contribution is -1.94. The van der Waals surface area contributed by atoms with E-state index in [1.165, 1.54) is 6.07 Å². The number of hydrogen-bond donors (Lipinski definition) is 0. The second kappa shape index (κ2) is 7.09. The van der Waals surface area contributed by atoms with Crippen LogP contribution in [0.2, 0.25) is 0 Å². The van der Waals surface area contributed by atoms with Crippen molar-refractivity contribution in [3.05, 3.63) is 89.3 Å². The van der Waals surface area contributed by atoms with Crippen LogP contribution in [0.5, 0.6) is 11.5 Å². The van der Waals surface area contributed by atoms with Gasteiger partial charge in [-0.15, -0.1) is 5.10 Å². The highest BCUT2D eigenvalue weighted by atomic mass is 79.9. The van der Waals surface area contributed by atoms with Crippen molar-refractivity contribution >= 4 is 15.9 Å². The van der Waals surface area contributed by atoms with E-state index in [2.05, 4.69) is 26.2 Å². The van der Waals surface area contributed by atoms with Gasteiger partial charge in [0.2, 0.25) is 0 Å². The van der Waals surface area contributed by atoms with Crippen molar-refractivity contribution in [3.8, 4) is 28.4 Å². The molecule has 0 bridgehead atoms. The third-order valence-corrected chi connectivity index (χ3v) is 4.27. The number of nitrogens with zero attached hydrogens (tertiary/aromatic N) is 3. The van der Waals surface area contributed by atoms with Crippen molar-refractivity contribution in [2.75, 3.05) is 0 Å². The van der Waals surface area contributed by atoms with Gasteiger partial charge >= 0.3 is 0 Å². The Morgan fingerprint density at radius 2 is 1.62 bits per heavy atom. The molecule has 128 valence electrons. The molecular weight excluding hydrogens is 397 g/mol. The number of benzene rings is 3. The first-order chi connectivity index (χ1) is 12.7. The third kappa shape index (κ3) is 3.50. The topological polar surface area (TPSA) is 39.9 Å². The van der Waals surface area contributed by atoms with Crippen LogP contribution in [0.4, 0.5) is 4.39 Å². The zero-order valence-electron chi connectivity index (χ0n) is 13.5. The number of hydrogen-bond acceptors (Lipinski definition) is 3. The molecule has 4 rings (SSSR count). The lowest BCUT2D eigenvalue weighted by Gasteiger charge is -2.06. The Morgan fingerprint density at radius 1 is 0.885 bits per heavy atom. The van der Waals surface area contributed by atoms with Crippen molar-refractivity contribution in [1.29, 1.82) is 0 Å². The minimum absolute atomic E-state index is 0.349.